The number of amides is 1. The van der Waals surface area contributed by atoms with Crippen molar-refractivity contribution < 1.29 is 4.79 Å². The van der Waals surface area contributed by atoms with Gasteiger partial charge >= 0.3 is 0 Å². The number of hydrogen-bond donors (Lipinski definition) is 1. The summed E-state index contributed by atoms with van der Waals surface area (Å²) < 4.78 is 0. The number of hydrogen-bond acceptors (Lipinski definition) is 2. The van der Waals surface area contributed by atoms with Crippen LogP contribution >= 0.6 is 23.2 Å². The molecule has 1 N–H and O–H groups in total. The number of carbonyl (C=O) groups excluding carboxylic acids is 1. The molecule has 128 valence electrons. The highest BCUT2D eigenvalue weighted by molar-refractivity contribution is 6.35. The number of halogens is 2. The Labute approximate surface area is 149 Å². The summed E-state index contributed by atoms with van der Waals surface area (Å²) in [5, 5.41) is 4.27. The van der Waals surface area contributed by atoms with Crippen LogP contribution in [0, 0.1) is 11.3 Å². The third-order valence-corrected chi connectivity index (χ3v) is 4.93. The molecule has 1 aliphatic rings. The Bertz CT molecular complexity index is 548. The summed E-state index contributed by atoms with van der Waals surface area (Å²) in [6.45, 7) is 9.99. The zero-order valence-electron chi connectivity index (χ0n) is 14.3. The summed E-state index contributed by atoms with van der Waals surface area (Å²) in [5.74, 6) is 0.802. The summed E-state index contributed by atoms with van der Waals surface area (Å²) in [5.41, 5.74) is 0.859. The topological polar surface area (TPSA) is 32.3 Å². The molecule has 0 aliphatic carbocycles. The second-order valence-corrected chi connectivity index (χ2v) is 8.48. The SMILES string of the molecule is CC1CCN(C(=O)CNc2cc(Cl)cc(Cl)c2)C(C(C)(C)C)C1. The fourth-order valence-corrected chi connectivity index (χ4v) is 3.72. The van der Waals surface area contributed by atoms with E-state index in [0.717, 1.165) is 25.1 Å². The second-order valence-electron chi connectivity index (χ2n) is 7.61. The third-order valence-electron chi connectivity index (χ3n) is 4.49. The van der Waals surface area contributed by atoms with Gasteiger partial charge in [-0.05, 0) is 42.4 Å². The molecule has 0 spiro atoms. The summed E-state index contributed by atoms with van der Waals surface area (Å²) in [4.78, 5) is 14.7. The van der Waals surface area contributed by atoms with Crippen LogP contribution in [0.2, 0.25) is 10.0 Å². The molecule has 0 bridgehead atoms. The van der Waals surface area contributed by atoms with E-state index in [2.05, 4.69) is 33.0 Å². The van der Waals surface area contributed by atoms with E-state index in [1.165, 1.54) is 0 Å². The van der Waals surface area contributed by atoms with Crippen LogP contribution in [0.3, 0.4) is 0 Å². The minimum Gasteiger partial charge on any atom is -0.376 e. The molecule has 2 atom stereocenters. The number of benzene rings is 1. The van der Waals surface area contributed by atoms with Gasteiger partial charge in [-0.1, -0.05) is 50.9 Å². The van der Waals surface area contributed by atoms with Crippen LogP contribution < -0.4 is 5.32 Å². The lowest BCUT2D eigenvalue weighted by molar-refractivity contribution is -0.136. The molecule has 1 heterocycles. The Morgan fingerprint density at radius 3 is 2.43 bits per heavy atom. The van der Waals surface area contributed by atoms with Gasteiger partial charge in [0.25, 0.3) is 0 Å². The second kappa shape index (κ2) is 7.31. The fraction of sp³-hybridized carbons (Fsp3) is 0.611. The maximum atomic E-state index is 12.7. The number of nitrogens with zero attached hydrogens (tertiary/aromatic N) is 1. The number of anilines is 1. The van der Waals surface area contributed by atoms with Crippen molar-refractivity contribution in [3.05, 3.63) is 28.2 Å². The maximum Gasteiger partial charge on any atom is 0.242 e. The number of rotatable bonds is 3. The summed E-state index contributed by atoms with van der Waals surface area (Å²) in [7, 11) is 0. The first-order chi connectivity index (χ1) is 10.7. The van der Waals surface area contributed by atoms with Gasteiger partial charge in [0.1, 0.15) is 0 Å². The third kappa shape index (κ3) is 5.02. The Hall–Kier alpha value is -0.930. The Balaban J connectivity index is 2.03. The normalized spacial score (nSPS) is 22.1. The van der Waals surface area contributed by atoms with E-state index in [0.29, 0.717) is 16.0 Å². The van der Waals surface area contributed by atoms with Gasteiger partial charge in [0.15, 0.2) is 0 Å². The average molecular weight is 357 g/mol. The first-order valence-corrected chi connectivity index (χ1v) is 8.92. The Kier molecular flexibility index (Phi) is 5.85. The molecule has 1 aromatic carbocycles. The zero-order chi connectivity index (χ0) is 17.2. The largest absolute Gasteiger partial charge is 0.376 e. The summed E-state index contributed by atoms with van der Waals surface area (Å²) in [6, 6.07) is 5.52. The number of likely N-dealkylation sites (tertiary alicyclic amines) is 1. The van der Waals surface area contributed by atoms with E-state index in [9.17, 15) is 4.79 Å². The Morgan fingerprint density at radius 1 is 1.26 bits per heavy atom. The van der Waals surface area contributed by atoms with Gasteiger partial charge in [-0.25, -0.2) is 0 Å². The molecule has 1 saturated heterocycles. The van der Waals surface area contributed by atoms with Crippen molar-refractivity contribution in [3.63, 3.8) is 0 Å². The molecular weight excluding hydrogens is 331 g/mol. The lowest BCUT2D eigenvalue weighted by Crippen LogP contribution is -2.53. The van der Waals surface area contributed by atoms with Gasteiger partial charge in [-0.2, -0.15) is 0 Å². The summed E-state index contributed by atoms with van der Waals surface area (Å²) in [6.07, 6.45) is 2.14. The average Bonchev–Trinajstić information content (AvgIpc) is 2.42. The zero-order valence-corrected chi connectivity index (χ0v) is 15.8. The van der Waals surface area contributed by atoms with E-state index < -0.39 is 0 Å². The van der Waals surface area contributed by atoms with Crippen molar-refractivity contribution in [3.8, 4) is 0 Å². The fourth-order valence-electron chi connectivity index (χ4n) is 3.20. The van der Waals surface area contributed by atoms with E-state index in [4.69, 9.17) is 23.2 Å². The van der Waals surface area contributed by atoms with E-state index >= 15 is 0 Å². The predicted molar refractivity (Wildman–Crippen MR) is 98.3 cm³/mol. The van der Waals surface area contributed by atoms with Crippen LogP contribution in [-0.4, -0.2) is 29.9 Å². The monoisotopic (exact) mass is 356 g/mol. The molecule has 5 heteroatoms. The molecule has 23 heavy (non-hydrogen) atoms. The first-order valence-electron chi connectivity index (χ1n) is 8.16. The smallest absolute Gasteiger partial charge is 0.242 e. The molecule has 1 amide bonds. The van der Waals surface area contributed by atoms with Gasteiger partial charge in [-0.15, -0.1) is 0 Å². The van der Waals surface area contributed by atoms with Gasteiger partial charge in [0, 0.05) is 28.3 Å². The van der Waals surface area contributed by atoms with Gasteiger partial charge in [0.05, 0.1) is 6.54 Å². The lowest BCUT2D eigenvalue weighted by atomic mass is 9.77. The predicted octanol–water partition coefficient (Wildman–Crippen LogP) is 5.08. The van der Waals surface area contributed by atoms with E-state index in [1.54, 1.807) is 18.2 Å². The molecule has 0 radical (unpaired) electrons. The summed E-state index contributed by atoms with van der Waals surface area (Å²) >= 11 is 12.0. The molecule has 2 rings (SSSR count). The van der Waals surface area contributed by atoms with Crippen molar-refractivity contribution in [1.29, 1.82) is 0 Å². The van der Waals surface area contributed by atoms with Gasteiger partial charge < -0.3 is 10.2 Å². The number of piperidine rings is 1. The maximum absolute atomic E-state index is 12.7. The number of nitrogens with one attached hydrogen (secondary N) is 1. The molecule has 0 saturated carbocycles. The molecular formula is C18H26Cl2N2O. The highest BCUT2D eigenvalue weighted by atomic mass is 35.5. The van der Waals surface area contributed by atoms with Crippen LogP contribution in [-0.2, 0) is 4.79 Å². The molecule has 1 fully saturated rings. The highest BCUT2D eigenvalue weighted by Crippen LogP contribution is 2.34. The van der Waals surface area contributed by atoms with Crippen LogP contribution in [0.4, 0.5) is 5.69 Å². The minimum atomic E-state index is 0.0870. The van der Waals surface area contributed by atoms with Crippen LogP contribution in [0.5, 0.6) is 0 Å². The van der Waals surface area contributed by atoms with Crippen LogP contribution in [0.15, 0.2) is 18.2 Å². The van der Waals surface area contributed by atoms with Gasteiger partial charge in [0.2, 0.25) is 5.91 Å². The van der Waals surface area contributed by atoms with E-state index in [1.807, 2.05) is 4.90 Å². The molecule has 2 unspecified atom stereocenters. The number of carbonyl (C=O) groups is 1. The van der Waals surface area contributed by atoms with Crippen LogP contribution in [0.1, 0.15) is 40.5 Å². The van der Waals surface area contributed by atoms with Crippen molar-refractivity contribution in [2.45, 2.75) is 46.6 Å². The van der Waals surface area contributed by atoms with Gasteiger partial charge in [-0.3, -0.25) is 4.79 Å². The van der Waals surface area contributed by atoms with Crippen molar-refractivity contribution in [2.75, 3.05) is 18.4 Å². The quantitative estimate of drug-likeness (QED) is 0.818. The highest BCUT2D eigenvalue weighted by Gasteiger charge is 2.37. The minimum absolute atomic E-state index is 0.0870. The molecule has 3 nitrogen and oxygen atoms in total. The lowest BCUT2D eigenvalue weighted by Gasteiger charge is -2.45. The molecule has 1 aromatic rings. The molecule has 1 aliphatic heterocycles. The Morgan fingerprint density at radius 2 is 1.87 bits per heavy atom. The van der Waals surface area contributed by atoms with Crippen LogP contribution in [0.25, 0.3) is 0 Å². The van der Waals surface area contributed by atoms with Crippen molar-refractivity contribution in [1.82, 2.24) is 4.90 Å². The molecule has 0 aromatic heterocycles. The van der Waals surface area contributed by atoms with Crippen molar-refractivity contribution in [2.24, 2.45) is 11.3 Å². The first kappa shape index (κ1) is 18.4. The van der Waals surface area contributed by atoms with Crippen molar-refractivity contribution >= 4 is 34.8 Å². The standard InChI is InChI=1S/C18H26Cl2N2O/c1-12-5-6-22(16(7-12)18(2,3)4)17(23)11-21-15-9-13(19)8-14(20)10-15/h8-10,12,16,21H,5-7,11H2,1-4H3. The van der Waals surface area contributed by atoms with E-state index in [-0.39, 0.29) is 23.9 Å².